The minimum atomic E-state index is 0.0237. The predicted molar refractivity (Wildman–Crippen MR) is 82.4 cm³/mol. The van der Waals surface area contributed by atoms with E-state index < -0.39 is 0 Å². The van der Waals surface area contributed by atoms with Gasteiger partial charge in [0.2, 0.25) is 11.8 Å². The van der Waals surface area contributed by atoms with E-state index in [1.807, 2.05) is 23.1 Å². The number of carbonyl (C=O) groups excluding carboxylic acids is 1. The number of rotatable bonds is 5. The first-order valence-corrected chi connectivity index (χ1v) is 7.55. The van der Waals surface area contributed by atoms with Crippen molar-refractivity contribution in [3.8, 4) is 5.88 Å². The molecule has 5 heteroatoms. The number of aromatic nitrogens is 2. The molecule has 2 heterocycles. The molecule has 0 saturated carbocycles. The predicted octanol–water partition coefficient (Wildman–Crippen LogP) is 2.09. The van der Waals surface area contributed by atoms with Gasteiger partial charge in [-0.25, -0.2) is 9.97 Å². The van der Waals surface area contributed by atoms with Crippen molar-refractivity contribution in [3.63, 3.8) is 0 Å². The lowest BCUT2D eigenvalue weighted by Gasteiger charge is -2.17. The van der Waals surface area contributed by atoms with Crippen molar-refractivity contribution in [2.45, 2.75) is 25.4 Å². The molecule has 0 aliphatic carbocycles. The summed E-state index contributed by atoms with van der Waals surface area (Å²) >= 11 is 0. The summed E-state index contributed by atoms with van der Waals surface area (Å²) in [5.74, 6) is 0.760. The molecule has 3 rings (SSSR count). The summed E-state index contributed by atoms with van der Waals surface area (Å²) in [5, 5.41) is 0. The fraction of sp³-hybridized carbons (Fsp3) is 0.353. The quantitative estimate of drug-likeness (QED) is 0.848. The zero-order valence-corrected chi connectivity index (χ0v) is 12.4. The Morgan fingerprint density at radius 1 is 1.27 bits per heavy atom. The Kier molecular flexibility index (Phi) is 4.63. The zero-order valence-electron chi connectivity index (χ0n) is 12.4. The van der Waals surface area contributed by atoms with E-state index in [0.29, 0.717) is 18.8 Å². The molecule has 0 N–H and O–H groups in total. The second-order valence-corrected chi connectivity index (χ2v) is 5.40. The Bertz CT molecular complexity index is 604. The minimum absolute atomic E-state index is 0.0237. The van der Waals surface area contributed by atoms with Gasteiger partial charge in [0.1, 0.15) is 12.4 Å². The molecule has 1 aromatic heterocycles. The number of carbonyl (C=O) groups is 1. The molecule has 114 valence electrons. The topological polar surface area (TPSA) is 55.3 Å². The number of benzene rings is 1. The summed E-state index contributed by atoms with van der Waals surface area (Å²) in [6.45, 7) is 1.39. The molecule has 1 aromatic carbocycles. The van der Waals surface area contributed by atoms with Crippen LogP contribution >= 0.6 is 0 Å². The van der Waals surface area contributed by atoms with Crippen LogP contribution in [-0.4, -0.2) is 40.0 Å². The van der Waals surface area contributed by atoms with E-state index in [1.54, 1.807) is 12.3 Å². The van der Waals surface area contributed by atoms with Gasteiger partial charge in [0, 0.05) is 31.6 Å². The van der Waals surface area contributed by atoms with E-state index in [9.17, 15) is 4.79 Å². The van der Waals surface area contributed by atoms with Gasteiger partial charge in [0.15, 0.2) is 0 Å². The SMILES string of the molecule is O=C(CCc1ccccc1)N1CC[C@@H](Oc2ccncn2)C1. The highest BCUT2D eigenvalue weighted by Gasteiger charge is 2.27. The van der Waals surface area contributed by atoms with Crippen molar-refractivity contribution in [1.29, 1.82) is 0 Å². The summed E-state index contributed by atoms with van der Waals surface area (Å²) in [5.41, 5.74) is 1.20. The Morgan fingerprint density at radius 2 is 2.14 bits per heavy atom. The van der Waals surface area contributed by atoms with Crippen molar-refractivity contribution < 1.29 is 9.53 Å². The van der Waals surface area contributed by atoms with Gasteiger partial charge in [-0.1, -0.05) is 30.3 Å². The van der Waals surface area contributed by atoms with Crippen LogP contribution < -0.4 is 4.74 Å². The van der Waals surface area contributed by atoms with Crippen LogP contribution in [0.5, 0.6) is 5.88 Å². The number of nitrogens with zero attached hydrogens (tertiary/aromatic N) is 3. The van der Waals surface area contributed by atoms with Gasteiger partial charge in [-0.2, -0.15) is 0 Å². The molecule has 1 fully saturated rings. The molecule has 5 nitrogen and oxygen atoms in total. The molecule has 0 spiro atoms. The standard InChI is InChI=1S/C17H19N3O2/c21-17(7-6-14-4-2-1-3-5-14)20-11-9-15(12-20)22-16-8-10-18-13-19-16/h1-5,8,10,13,15H,6-7,9,11-12H2/t15-/m1/s1. The van der Waals surface area contributed by atoms with Crippen LogP contribution in [0.4, 0.5) is 0 Å². The molecule has 2 aromatic rings. The van der Waals surface area contributed by atoms with Crippen LogP contribution in [0.25, 0.3) is 0 Å². The first-order chi connectivity index (χ1) is 10.8. The average Bonchev–Trinajstić information content (AvgIpc) is 3.03. The lowest BCUT2D eigenvalue weighted by molar-refractivity contribution is -0.130. The molecule has 22 heavy (non-hydrogen) atoms. The number of hydrogen-bond acceptors (Lipinski definition) is 4. The van der Waals surface area contributed by atoms with Crippen molar-refractivity contribution in [2.75, 3.05) is 13.1 Å². The molecule has 1 amide bonds. The molecule has 1 atom stereocenters. The highest BCUT2D eigenvalue weighted by Crippen LogP contribution is 2.17. The third-order valence-corrected chi connectivity index (χ3v) is 3.81. The zero-order chi connectivity index (χ0) is 15.2. The summed E-state index contributed by atoms with van der Waals surface area (Å²) in [7, 11) is 0. The van der Waals surface area contributed by atoms with Crippen molar-refractivity contribution >= 4 is 5.91 Å². The van der Waals surface area contributed by atoms with Gasteiger partial charge < -0.3 is 9.64 Å². The largest absolute Gasteiger partial charge is 0.472 e. The van der Waals surface area contributed by atoms with Gasteiger partial charge in [-0.15, -0.1) is 0 Å². The highest BCUT2D eigenvalue weighted by molar-refractivity contribution is 5.76. The van der Waals surface area contributed by atoms with E-state index in [2.05, 4.69) is 22.1 Å². The van der Waals surface area contributed by atoms with Gasteiger partial charge in [0.05, 0.1) is 6.54 Å². The smallest absolute Gasteiger partial charge is 0.223 e. The number of ether oxygens (including phenoxy) is 1. The molecule has 0 radical (unpaired) electrons. The first kappa shape index (κ1) is 14.5. The minimum Gasteiger partial charge on any atom is -0.472 e. The molecular weight excluding hydrogens is 278 g/mol. The van der Waals surface area contributed by atoms with Crippen LogP contribution in [0.15, 0.2) is 48.9 Å². The second kappa shape index (κ2) is 7.02. The third-order valence-electron chi connectivity index (χ3n) is 3.81. The van der Waals surface area contributed by atoms with Gasteiger partial charge in [-0.05, 0) is 12.0 Å². The van der Waals surface area contributed by atoms with E-state index in [1.165, 1.54) is 11.9 Å². The summed E-state index contributed by atoms with van der Waals surface area (Å²) in [6, 6.07) is 11.8. The molecule has 1 saturated heterocycles. The third kappa shape index (κ3) is 3.81. The van der Waals surface area contributed by atoms with Crippen LogP contribution in [0, 0.1) is 0 Å². The number of aryl methyl sites for hydroxylation is 1. The molecule has 1 aliphatic rings. The maximum atomic E-state index is 12.3. The molecule has 1 aliphatic heterocycles. The lowest BCUT2D eigenvalue weighted by Crippen LogP contribution is -2.31. The number of amides is 1. The van der Waals surface area contributed by atoms with Crippen LogP contribution in [0.2, 0.25) is 0 Å². The highest BCUT2D eigenvalue weighted by atomic mass is 16.5. The number of likely N-dealkylation sites (tertiary alicyclic amines) is 1. The van der Waals surface area contributed by atoms with Gasteiger partial charge in [-0.3, -0.25) is 4.79 Å². The first-order valence-electron chi connectivity index (χ1n) is 7.55. The average molecular weight is 297 g/mol. The fourth-order valence-electron chi connectivity index (χ4n) is 2.62. The molecule has 0 unspecified atom stereocenters. The van der Waals surface area contributed by atoms with Crippen LogP contribution in [0.1, 0.15) is 18.4 Å². The monoisotopic (exact) mass is 297 g/mol. The second-order valence-electron chi connectivity index (χ2n) is 5.40. The van der Waals surface area contributed by atoms with E-state index in [-0.39, 0.29) is 12.0 Å². The summed E-state index contributed by atoms with van der Waals surface area (Å²) < 4.78 is 5.77. The Balaban J connectivity index is 1.46. The molecule has 0 bridgehead atoms. The van der Waals surface area contributed by atoms with Gasteiger partial charge in [0.25, 0.3) is 0 Å². The van der Waals surface area contributed by atoms with Crippen LogP contribution in [0.3, 0.4) is 0 Å². The van der Waals surface area contributed by atoms with Crippen LogP contribution in [-0.2, 0) is 11.2 Å². The number of hydrogen-bond donors (Lipinski definition) is 0. The summed E-state index contributed by atoms with van der Waals surface area (Å²) in [4.78, 5) is 22.1. The van der Waals surface area contributed by atoms with E-state index >= 15 is 0 Å². The lowest BCUT2D eigenvalue weighted by atomic mass is 10.1. The van der Waals surface area contributed by atoms with Crippen molar-refractivity contribution in [3.05, 3.63) is 54.5 Å². The normalized spacial score (nSPS) is 17.5. The van der Waals surface area contributed by atoms with E-state index in [4.69, 9.17) is 4.74 Å². The maximum absolute atomic E-state index is 12.3. The fourth-order valence-corrected chi connectivity index (χ4v) is 2.62. The Morgan fingerprint density at radius 3 is 2.91 bits per heavy atom. The maximum Gasteiger partial charge on any atom is 0.223 e. The summed E-state index contributed by atoms with van der Waals surface area (Å²) in [6.07, 6.45) is 5.32. The Hall–Kier alpha value is -2.43. The van der Waals surface area contributed by atoms with Crippen molar-refractivity contribution in [2.24, 2.45) is 0 Å². The Labute approximate surface area is 130 Å². The van der Waals surface area contributed by atoms with Crippen molar-refractivity contribution in [1.82, 2.24) is 14.9 Å². The van der Waals surface area contributed by atoms with Gasteiger partial charge >= 0.3 is 0 Å². The molecular formula is C17H19N3O2. The van der Waals surface area contributed by atoms with E-state index in [0.717, 1.165) is 19.4 Å².